The maximum atomic E-state index is 14.8. The minimum atomic E-state index is -2.06. The molecule has 3 aromatic carbocycles. The van der Waals surface area contributed by atoms with Gasteiger partial charge in [-0.2, -0.15) is 0 Å². The van der Waals surface area contributed by atoms with Crippen molar-refractivity contribution < 1.29 is 19.1 Å². The van der Waals surface area contributed by atoms with Gasteiger partial charge in [-0.25, -0.2) is 4.39 Å². The van der Waals surface area contributed by atoms with Crippen molar-refractivity contribution in [3.8, 4) is 11.1 Å². The third-order valence-corrected chi connectivity index (χ3v) is 6.05. The van der Waals surface area contributed by atoms with E-state index in [0.717, 1.165) is 27.8 Å². The van der Waals surface area contributed by atoms with E-state index in [-0.39, 0.29) is 6.54 Å². The molecule has 4 nitrogen and oxygen atoms in total. The molecule has 0 bridgehead atoms. The summed E-state index contributed by atoms with van der Waals surface area (Å²) in [7, 11) is 0. The molecule has 2 aliphatic rings. The molecular formula is C24H18FNO3. The van der Waals surface area contributed by atoms with Crippen molar-refractivity contribution >= 4 is 11.8 Å². The molecule has 0 spiro atoms. The first kappa shape index (κ1) is 17.8. The smallest absolute Gasteiger partial charge is 0.324 e. The topological polar surface area (TPSA) is 57.6 Å². The highest BCUT2D eigenvalue weighted by molar-refractivity contribution is 5.96. The quantitative estimate of drug-likeness (QED) is 0.746. The van der Waals surface area contributed by atoms with Gasteiger partial charge in [0.05, 0.1) is 12.1 Å². The maximum Gasteiger partial charge on any atom is 0.324 e. The number of alkyl halides is 1. The van der Waals surface area contributed by atoms with Crippen LogP contribution in [0.5, 0.6) is 0 Å². The van der Waals surface area contributed by atoms with E-state index in [1.807, 2.05) is 78.9 Å². The van der Waals surface area contributed by atoms with Gasteiger partial charge in [0, 0.05) is 0 Å². The van der Waals surface area contributed by atoms with Crippen LogP contribution >= 0.6 is 0 Å². The van der Waals surface area contributed by atoms with Crippen LogP contribution in [0, 0.1) is 0 Å². The minimum Gasteiger partial charge on any atom is -0.480 e. The van der Waals surface area contributed by atoms with Gasteiger partial charge in [-0.05, 0) is 27.8 Å². The second kappa shape index (κ2) is 6.36. The van der Waals surface area contributed by atoms with Gasteiger partial charge in [-0.15, -0.1) is 0 Å². The van der Waals surface area contributed by atoms with Gasteiger partial charge < -0.3 is 5.11 Å². The van der Waals surface area contributed by atoms with Crippen LogP contribution in [0.4, 0.5) is 4.39 Å². The van der Waals surface area contributed by atoms with Crippen LogP contribution in [-0.4, -0.2) is 40.5 Å². The second-order valence-corrected chi connectivity index (χ2v) is 7.45. The monoisotopic (exact) mass is 387 g/mol. The maximum absolute atomic E-state index is 14.8. The van der Waals surface area contributed by atoms with E-state index in [9.17, 15) is 19.1 Å². The number of Topliss-reactive ketones (excluding diaryl/α,β-unsaturated/α-hetero) is 1. The summed E-state index contributed by atoms with van der Waals surface area (Å²) in [6, 6.07) is 23.4. The van der Waals surface area contributed by atoms with Crippen LogP contribution in [-0.2, 0) is 15.1 Å². The molecule has 1 aliphatic carbocycles. The van der Waals surface area contributed by atoms with E-state index in [4.69, 9.17) is 0 Å². The number of ketones is 1. The number of hydrogen-bond acceptors (Lipinski definition) is 3. The molecule has 0 radical (unpaired) electrons. The minimum absolute atomic E-state index is 0.268. The number of carboxylic acid groups (broad SMARTS) is 1. The van der Waals surface area contributed by atoms with E-state index >= 15 is 0 Å². The molecule has 0 saturated carbocycles. The van der Waals surface area contributed by atoms with Crippen molar-refractivity contribution in [2.45, 2.75) is 17.8 Å². The van der Waals surface area contributed by atoms with Crippen molar-refractivity contribution in [1.82, 2.24) is 4.90 Å². The number of carbonyl (C=O) groups is 2. The Morgan fingerprint density at radius 1 is 0.897 bits per heavy atom. The molecule has 3 aromatic rings. The number of halogens is 1. The highest BCUT2D eigenvalue weighted by atomic mass is 19.1. The number of likely N-dealkylation sites (tertiary alicyclic amines) is 1. The largest absolute Gasteiger partial charge is 0.480 e. The van der Waals surface area contributed by atoms with Crippen LogP contribution in [0.1, 0.15) is 16.7 Å². The zero-order valence-corrected chi connectivity index (χ0v) is 15.5. The molecule has 1 aliphatic heterocycles. The van der Waals surface area contributed by atoms with E-state index < -0.39 is 29.5 Å². The Labute approximate surface area is 167 Å². The summed E-state index contributed by atoms with van der Waals surface area (Å²) >= 11 is 0. The molecular weight excluding hydrogens is 369 g/mol. The van der Waals surface area contributed by atoms with Crippen molar-refractivity contribution in [2.24, 2.45) is 0 Å². The highest BCUT2D eigenvalue weighted by Crippen LogP contribution is 2.55. The number of hydrogen-bond donors (Lipinski definition) is 1. The van der Waals surface area contributed by atoms with Gasteiger partial charge in [0.25, 0.3) is 0 Å². The number of carboxylic acids is 1. The molecule has 0 aromatic heterocycles. The molecule has 1 fully saturated rings. The normalized spacial score (nSPS) is 22.3. The molecule has 144 valence electrons. The fourth-order valence-corrected chi connectivity index (χ4v) is 4.95. The van der Waals surface area contributed by atoms with Crippen LogP contribution in [0.2, 0.25) is 0 Å². The first-order valence-electron chi connectivity index (χ1n) is 9.48. The molecule has 5 heteroatoms. The molecule has 1 saturated heterocycles. The van der Waals surface area contributed by atoms with E-state index in [1.54, 1.807) is 0 Å². The molecule has 1 N–H and O–H groups in total. The number of fused-ring (bicyclic) bond motifs is 3. The lowest BCUT2D eigenvalue weighted by atomic mass is 9.78. The zero-order valence-electron chi connectivity index (χ0n) is 15.5. The molecule has 29 heavy (non-hydrogen) atoms. The molecule has 0 amide bonds. The van der Waals surface area contributed by atoms with Gasteiger partial charge in [-0.3, -0.25) is 14.5 Å². The van der Waals surface area contributed by atoms with Crippen LogP contribution in [0.3, 0.4) is 0 Å². The summed E-state index contributed by atoms with van der Waals surface area (Å²) in [5, 5.41) is 9.86. The number of carbonyl (C=O) groups excluding carboxylic acids is 1. The fraction of sp³-hybridized carbons (Fsp3) is 0.167. The Morgan fingerprint density at radius 3 is 1.97 bits per heavy atom. The van der Waals surface area contributed by atoms with Crippen molar-refractivity contribution in [3.05, 3.63) is 95.6 Å². The summed E-state index contributed by atoms with van der Waals surface area (Å²) < 4.78 is 14.8. The molecule has 5 rings (SSSR count). The van der Waals surface area contributed by atoms with Gasteiger partial charge in [0.2, 0.25) is 0 Å². The van der Waals surface area contributed by atoms with Crippen molar-refractivity contribution in [1.29, 1.82) is 0 Å². The standard InChI is InChI=1S/C24H18FNO3/c25-21-20(27)14-26(22(21)23(28)29)24(15-8-2-1-3-9-15)18-12-6-4-10-16(18)17-11-5-7-13-19(17)24/h1-13,21-22H,14H2,(H,28,29)/t21-,22+/m0/s1. The zero-order chi connectivity index (χ0) is 20.2. The van der Waals surface area contributed by atoms with Crippen molar-refractivity contribution in [2.75, 3.05) is 6.54 Å². The van der Waals surface area contributed by atoms with Crippen LogP contribution in [0.25, 0.3) is 11.1 Å². The van der Waals surface area contributed by atoms with Crippen LogP contribution in [0.15, 0.2) is 78.9 Å². The Hall–Kier alpha value is -3.31. The predicted molar refractivity (Wildman–Crippen MR) is 106 cm³/mol. The van der Waals surface area contributed by atoms with E-state index in [0.29, 0.717) is 0 Å². The second-order valence-electron chi connectivity index (χ2n) is 7.45. The summed E-state index contributed by atoms with van der Waals surface area (Å²) in [5.41, 5.74) is 3.40. The Kier molecular flexibility index (Phi) is 3.89. The van der Waals surface area contributed by atoms with E-state index in [2.05, 4.69) is 0 Å². The third kappa shape index (κ3) is 2.28. The van der Waals surface area contributed by atoms with E-state index in [1.165, 1.54) is 4.90 Å². The predicted octanol–water partition coefficient (Wildman–Crippen LogP) is 3.63. The Morgan fingerprint density at radius 2 is 1.41 bits per heavy atom. The summed E-state index contributed by atoms with van der Waals surface area (Å²) in [6.07, 6.45) is -2.06. The third-order valence-electron chi connectivity index (χ3n) is 6.05. The lowest BCUT2D eigenvalue weighted by Crippen LogP contribution is -2.53. The van der Waals surface area contributed by atoms with Gasteiger partial charge in [0.15, 0.2) is 12.0 Å². The van der Waals surface area contributed by atoms with Crippen molar-refractivity contribution in [3.63, 3.8) is 0 Å². The number of benzene rings is 3. The Balaban J connectivity index is 1.90. The molecule has 0 unspecified atom stereocenters. The van der Waals surface area contributed by atoms with Gasteiger partial charge in [0.1, 0.15) is 6.04 Å². The Bertz CT molecular complexity index is 1080. The molecule has 2 atom stereocenters. The fourth-order valence-electron chi connectivity index (χ4n) is 4.95. The van der Waals surface area contributed by atoms with Gasteiger partial charge >= 0.3 is 5.97 Å². The summed E-state index contributed by atoms with van der Waals surface area (Å²) in [5.74, 6) is -2.03. The summed E-state index contributed by atoms with van der Waals surface area (Å²) in [4.78, 5) is 26.0. The number of nitrogens with zero attached hydrogens (tertiary/aromatic N) is 1. The lowest BCUT2D eigenvalue weighted by molar-refractivity contribution is -0.146. The summed E-state index contributed by atoms with van der Waals surface area (Å²) in [6.45, 7) is -0.268. The number of rotatable bonds is 3. The SMILES string of the molecule is O=C1CN(C2(c3ccccc3)c3ccccc3-c3ccccc32)[C@@H](C(=O)O)[C@H]1F. The average Bonchev–Trinajstić information content (AvgIpc) is 3.21. The molecule has 1 heterocycles. The van der Waals surface area contributed by atoms with Gasteiger partial charge in [-0.1, -0.05) is 78.9 Å². The first-order valence-corrected chi connectivity index (χ1v) is 9.48. The van der Waals surface area contributed by atoms with Crippen LogP contribution < -0.4 is 0 Å². The average molecular weight is 387 g/mol. The lowest BCUT2D eigenvalue weighted by Gasteiger charge is -2.43. The number of aliphatic carboxylic acids is 1. The first-order chi connectivity index (χ1) is 14.1. The highest BCUT2D eigenvalue weighted by Gasteiger charge is 2.58.